The highest BCUT2D eigenvalue weighted by molar-refractivity contribution is 5.75. The summed E-state index contributed by atoms with van der Waals surface area (Å²) in [6.45, 7) is 0. The van der Waals surface area contributed by atoms with Crippen LogP contribution in [-0.4, -0.2) is 16.7 Å². The normalized spacial score (nSPS) is 25.6. The molecule has 0 radical (unpaired) electrons. The van der Waals surface area contributed by atoms with Gasteiger partial charge in [0.15, 0.2) is 5.66 Å². The highest BCUT2D eigenvalue weighted by Crippen LogP contribution is 2.50. The van der Waals surface area contributed by atoms with Gasteiger partial charge in [-0.3, -0.25) is 4.79 Å². The SMILES string of the molecule is C#CCC1(C(=O)O)CCC2(CC1)N=N2. The molecule has 1 aliphatic heterocycles. The van der Waals surface area contributed by atoms with Gasteiger partial charge >= 0.3 is 5.97 Å². The number of aliphatic carboxylic acids is 1. The maximum absolute atomic E-state index is 11.1. The summed E-state index contributed by atoms with van der Waals surface area (Å²) in [5.41, 5.74) is -0.929. The molecule has 4 heteroatoms. The first kappa shape index (κ1) is 9.20. The molecule has 0 aromatic carbocycles. The lowest BCUT2D eigenvalue weighted by Gasteiger charge is -2.33. The van der Waals surface area contributed by atoms with E-state index >= 15 is 0 Å². The molecule has 1 N–H and O–H groups in total. The van der Waals surface area contributed by atoms with Crippen molar-refractivity contribution in [3.8, 4) is 12.3 Å². The summed E-state index contributed by atoms with van der Waals surface area (Å²) >= 11 is 0. The molecular weight excluding hydrogens is 180 g/mol. The fourth-order valence-electron chi connectivity index (χ4n) is 2.06. The van der Waals surface area contributed by atoms with E-state index in [9.17, 15) is 4.79 Å². The lowest BCUT2D eigenvalue weighted by Crippen LogP contribution is -2.37. The van der Waals surface area contributed by atoms with E-state index in [0.29, 0.717) is 19.3 Å². The highest BCUT2D eigenvalue weighted by atomic mass is 16.4. The van der Waals surface area contributed by atoms with Crippen LogP contribution in [0.4, 0.5) is 0 Å². The van der Waals surface area contributed by atoms with Crippen LogP contribution in [0.3, 0.4) is 0 Å². The molecule has 1 saturated carbocycles. The third-order valence-electron chi connectivity index (χ3n) is 3.28. The summed E-state index contributed by atoms with van der Waals surface area (Å²) in [4.78, 5) is 11.1. The molecule has 0 unspecified atom stereocenters. The van der Waals surface area contributed by atoms with Crippen molar-refractivity contribution in [1.82, 2.24) is 0 Å². The van der Waals surface area contributed by atoms with Crippen molar-refractivity contribution in [2.24, 2.45) is 15.6 Å². The number of hydrogen-bond donors (Lipinski definition) is 1. The lowest BCUT2D eigenvalue weighted by molar-refractivity contribution is -0.151. The second-order valence-electron chi connectivity index (χ2n) is 4.15. The van der Waals surface area contributed by atoms with Crippen LogP contribution in [0.15, 0.2) is 10.2 Å². The van der Waals surface area contributed by atoms with Crippen LogP contribution in [-0.2, 0) is 4.79 Å². The third-order valence-corrected chi connectivity index (χ3v) is 3.28. The molecule has 2 aliphatic rings. The van der Waals surface area contributed by atoms with E-state index in [4.69, 9.17) is 11.5 Å². The van der Waals surface area contributed by atoms with Crippen LogP contribution in [0.5, 0.6) is 0 Å². The lowest BCUT2D eigenvalue weighted by atomic mass is 9.69. The van der Waals surface area contributed by atoms with Gasteiger partial charge in [-0.2, -0.15) is 10.2 Å². The van der Waals surface area contributed by atoms with Crippen molar-refractivity contribution in [3.05, 3.63) is 0 Å². The Morgan fingerprint density at radius 2 is 1.93 bits per heavy atom. The summed E-state index contributed by atoms with van der Waals surface area (Å²) in [6.07, 6.45) is 8.19. The number of nitrogens with zero attached hydrogens (tertiary/aromatic N) is 2. The monoisotopic (exact) mass is 192 g/mol. The molecule has 4 nitrogen and oxygen atoms in total. The molecule has 1 fully saturated rings. The Hall–Kier alpha value is -1.37. The predicted molar refractivity (Wildman–Crippen MR) is 49.6 cm³/mol. The highest BCUT2D eigenvalue weighted by Gasteiger charge is 2.51. The molecule has 2 rings (SSSR count). The van der Waals surface area contributed by atoms with Crippen molar-refractivity contribution >= 4 is 5.97 Å². The number of carboxylic acids is 1. The largest absolute Gasteiger partial charge is 0.481 e. The molecule has 74 valence electrons. The zero-order chi connectivity index (χ0) is 10.2. The minimum atomic E-state index is -0.772. The molecule has 14 heavy (non-hydrogen) atoms. The van der Waals surface area contributed by atoms with Crippen molar-refractivity contribution in [1.29, 1.82) is 0 Å². The summed E-state index contributed by atoms with van der Waals surface area (Å²) < 4.78 is 0. The zero-order valence-corrected chi connectivity index (χ0v) is 7.86. The van der Waals surface area contributed by atoms with Crippen LogP contribution in [0.1, 0.15) is 32.1 Å². The van der Waals surface area contributed by atoms with Gasteiger partial charge in [0.25, 0.3) is 0 Å². The Morgan fingerprint density at radius 1 is 1.36 bits per heavy atom. The van der Waals surface area contributed by atoms with E-state index < -0.39 is 11.4 Å². The first-order valence-electron chi connectivity index (χ1n) is 4.73. The van der Waals surface area contributed by atoms with Crippen LogP contribution in [0, 0.1) is 17.8 Å². The second-order valence-corrected chi connectivity index (χ2v) is 4.15. The molecule has 1 aliphatic carbocycles. The minimum absolute atomic E-state index is 0.215. The minimum Gasteiger partial charge on any atom is -0.481 e. The van der Waals surface area contributed by atoms with E-state index in [1.807, 2.05) is 0 Å². The Bertz CT molecular complexity index is 325. The molecular formula is C10H12N2O2. The van der Waals surface area contributed by atoms with Gasteiger partial charge in [-0.05, 0) is 25.7 Å². The van der Waals surface area contributed by atoms with E-state index in [2.05, 4.69) is 16.1 Å². The molecule has 0 saturated heterocycles. The van der Waals surface area contributed by atoms with E-state index in [1.54, 1.807) is 0 Å². The van der Waals surface area contributed by atoms with Crippen LogP contribution in [0.25, 0.3) is 0 Å². The zero-order valence-electron chi connectivity index (χ0n) is 7.86. The summed E-state index contributed by atoms with van der Waals surface area (Å²) in [6, 6.07) is 0. The number of terminal acetylenes is 1. The first-order valence-corrected chi connectivity index (χ1v) is 4.73. The van der Waals surface area contributed by atoms with Crippen molar-refractivity contribution in [2.75, 3.05) is 0 Å². The average Bonchev–Trinajstić information content (AvgIpc) is 2.90. The molecule has 1 spiro atoms. The fraction of sp³-hybridized carbons (Fsp3) is 0.700. The number of hydrogen-bond acceptors (Lipinski definition) is 3. The Labute approximate surface area is 82.4 Å². The van der Waals surface area contributed by atoms with Gasteiger partial charge in [0.05, 0.1) is 5.41 Å². The topological polar surface area (TPSA) is 62.0 Å². The van der Waals surface area contributed by atoms with Crippen molar-refractivity contribution < 1.29 is 9.90 Å². The smallest absolute Gasteiger partial charge is 0.310 e. The molecule has 0 bridgehead atoms. The molecule has 0 aromatic heterocycles. The van der Waals surface area contributed by atoms with Gasteiger partial charge in [-0.25, -0.2) is 0 Å². The van der Waals surface area contributed by atoms with E-state index in [0.717, 1.165) is 12.8 Å². The number of rotatable bonds is 2. The Kier molecular flexibility index (Phi) is 1.84. The molecule has 1 heterocycles. The standard InChI is InChI=1S/C10H12N2O2/c1-2-3-9(8(13)14)4-6-10(7-5-9)11-12-10/h1H,3-7H2,(H,13,14). The van der Waals surface area contributed by atoms with Gasteiger partial charge in [0.2, 0.25) is 0 Å². The van der Waals surface area contributed by atoms with Crippen LogP contribution < -0.4 is 0 Å². The van der Waals surface area contributed by atoms with Gasteiger partial charge in [0, 0.05) is 6.42 Å². The van der Waals surface area contributed by atoms with Gasteiger partial charge in [0.1, 0.15) is 0 Å². The van der Waals surface area contributed by atoms with Crippen molar-refractivity contribution in [3.63, 3.8) is 0 Å². The molecule has 0 atom stereocenters. The number of carbonyl (C=O) groups is 1. The van der Waals surface area contributed by atoms with E-state index in [-0.39, 0.29) is 5.66 Å². The van der Waals surface area contributed by atoms with Crippen LogP contribution >= 0.6 is 0 Å². The molecule has 0 amide bonds. The van der Waals surface area contributed by atoms with Gasteiger partial charge in [-0.1, -0.05) is 0 Å². The second kappa shape index (κ2) is 2.81. The van der Waals surface area contributed by atoms with Gasteiger partial charge in [-0.15, -0.1) is 12.3 Å². The van der Waals surface area contributed by atoms with Crippen LogP contribution in [0.2, 0.25) is 0 Å². The predicted octanol–water partition coefficient (Wildman–Crippen LogP) is 1.82. The van der Waals surface area contributed by atoms with Gasteiger partial charge < -0.3 is 5.11 Å². The maximum Gasteiger partial charge on any atom is 0.310 e. The van der Waals surface area contributed by atoms with Crippen molar-refractivity contribution in [2.45, 2.75) is 37.8 Å². The third kappa shape index (κ3) is 1.29. The summed E-state index contributed by atoms with van der Waals surface area (Å²) in [5.74, 6) is 1.69. The van der Waals surface area contributed by atoms with E-state index in [1.165, 1.54) is 0 Å². The fourth-order valence-corrected chi connectivity index (χ4v) is 2.06. The summed E-state index contributed by atoms with van der Waals surface area (Å²) in [5, 5.41) is 17.1. The first-order chi connectivity index (χ1) is 6.63. The maximum atomic E-state index is 11.1. The summed E-state index contributed by atoms with van der Waals surface area (Å²) in [7, 11) is 0. The average molecular weight is 192 g/mol. The quantitative estimate of drug-likeness (QED) is 0.678. The Morgan fingerprint density at radius 3 is 2.29 bits per heavy atom. The molecule has 0 aromatic rings. The number of carboxylic acid groups (broad SMARTS) is 1. The Balaban J connectivity index is 2.07.